The van der Waals surface area contributed by atoms with Gasteiger partial charge in [-0.25, -0.2) is 0 Å². The van der Waals surface area contributed by atoms with Crippen LogP contribution in [0.5, 0.6) is 0 Å². The van der Waals surface area contributed by atoms with E-state index >= 15 is 0 Å². The molecule has 0 aromatic rings. The summed E-state index contributed by atoms with van der Waals surface area (Å²) in [7, 11) is 0. The molecule has 1 aliphatic rings. The highest BCUT2D eigenvalue weighted by atomic mass is 35.5. The van der Waals surface area contributed by atoms with Crippen LogP contribution in [0.25, 0.3) is 0 Å². The van der Waals surface area contributed by atoms with Gasteiger partial charge in [0.25, 0.3) is 0 Å². The highest BCUT2D eigenvalue weighted by Crippen LogP contribution is 2.43. The minimum atomic E-state index is -1.04. The smallest absolute Gasteiger partial charge is 0.230 e. The zero-order valence-electron chi connectivity index (χ0n) is 6.65. The molecule has 1 aliphatic carbocycles. The Morgan fingerprint density at radius 1 is 1.54 bits per heavy atom. The molecule has 1 rings (SSSR count). The molecule has 0 heterocycles. The van der Waals surface area contributed by atoms with Gasteiger partial charge in [0.05, 0.1) is 20.9 Å². The van der Waals surface area contributed by atoms with Gasteiger partial charge < -0.3 is 0 Å². The van der Waals surface area contributed by atoms with Crippen molar-refractivity contribution >= 4 is 51.6 Å². The standard InChI is InChI=1S/C8H6Cl4O/c1-8(12)4(7(11)13)2-3-5(9)6(8)10/h2-4H,1H3. The number of hydrogen-bond acceptors (Lipinski definition) is 1. The molecule has 0 radical (unpaired) electrons. The maximum atomic E-state index is 11.0. The predicted molar refractivity (Wildman–Crippen MR) is 56.5 cm³/mol. The van der Waals surface area contributed by atoms with E-state index in [4.69, 9.17) is 46.4 Å². The number of alkyl halides is 1. The normalized spacial score (nSPS) is 33.8. The number of rotatable bonds is 1. The maximum absolute atomic E-state index is 11.0. The minimum Gasteiger partial charge on any atom is -0.281 e. The average Bonchev–Trinajstić information content (AvgIpc) is 1.99. The lowest BCUT2D eigenvalue weighted by atomic mass is 9.90. The van der Waals surface area contributed by atoms with Crippen molar-refractivity contribution < 1.29 is 4.79 Å². The first-order valence-electron chi connectivity index (χ1n) is 3.49. The molecule has 5 heteroatoms. The largest absolute Gasteiger partial charge is 0.281 e. The maximum Gasteiger partial charge on any atom is 0.230 e. The Labute approximate surface area is 96.3 Å². The zero-order valence-corrected chi connectivity index (χ0v) is 9.68. The van der Waals surface area contributed by atoms with E-state index in [-0.39, 0.29) is 5.03 Å². The van der Waals surface area contributed by atoms with Crippen molar-refractivity contribution in [2.75, 3.05) is 0 Å². The summed E-state index contributed by atoms with van der Waals surface area (Å²) in [5.74, 6) is -0.633. The number of halogens is 4. The van der Waals surface area contributed by atoms with Crippen LogP contribution in [0.15, 0.2) is 22.2 Å². The minimum absolute atomic E-state index is 0.248. The summed E-state index contributed by atoms with van der Waals surface area (Å²) in [5.41, 5.74) is 0. The lowest BCUT2D eigenvalue weighted by Crippen LogP contribution is -2.33. The Kier molecular flexibility index (Phi) is 3.34. The first-order valence-corrected chi connectivity index (χ1v) is 5.00. The third kappa shape index (κ3) is 2.04. The van der Waals surface area contributed by atoms with Crippen LogP contribution in [-0.2, 0) is 4.79 Å². The molecule has 2 atom stereocenters. The molecule has 0 aromatic carbocycles. The van der Waals surface area contributed by atoms with Crippen molar-refractivity contribution in [2.24, 2.45) is 5.92 Å². The molecule has 13 heavy (non-hydrogen) atoms. The van der Waals surface area contributed by atoms with Gasteiger partial charge in [-0.1, -0.05) is 29.3 Å². The third-order valence-corrected chi connectivity index (χ3v) is 3.67. The molecule has 0 aromatic heterocycles. The molecule has 0 saturated carbocycles. The van der Waals surface area contributed by atoms with Gasteiger partial charge in [-0.15, -0.1) is 11.6 Å². The van der Waals surface area contributed by atoms with E-state index in [9.17, 15) is 4.79 Å². The monoisotopic (exact) mass is 258 g/mol. The molecule has 1 nitrogen and oxygen atoms in total. The first-order chi connectivity index (χ1) is 5.87. The van der Waals surface area contributed by atoms with E-state index in [1.807, 2.05) is 0 Å². The van der Waals surface area contributed by atoms with Crippen molar-refractivity contribution in [2.45, 2.75) is 11.8 Å². The average molecular weight is 260 g/mol. The summed E-state index contributed by atoms with van der Waals surface area (Å²) < 4.78 is 0. The highest BCUT2D eigenvalue weighted by molar-refractivity contribution is 6.65. The fourth-order valence-corrected chi connectivity index (χ4v) is 2.21. The summed E-state index contributed by atoms with van der Waals surface area (Å²) in [6, 6.07) is 0. The molecule has 0 N–H and O–H groups in total. The molecule has 0 bridgehead atoms. The molecular formula is C8H6Cl4O. The lowest BCUT2D eigenvalue weighted by molar-refractivity contribution is -0.114. The van der Waals surface area contributed by atoms with Gasteiger partial charge in [-0.3, -0.25) is 4.79 Å². The van der Waals surface area contributed by atoms with Crippen LogP contribution < -0.4 is 0 Å². The molecule has 0 fully saturated rings. The molecule has 0 spiro atoms. The van der Waals surface area contributed by atoms with Crippen LogP contribution in [0.3, 0.4) is 0 Å². The topological polar surface area (TPSA) is 17.1 Å². The van der Waals surface area contributed by atoms with Crippen LogP contribution in [0.4, 0.5) is 0 Å². The van der Waals surface area contributed by atoms with E-state index in [1.54, 1.807) is 13.0 Å². The zero-order chi connectivity index (χ0) is 10.2. The van der Waals surface area contributed by atoms with E-state index in [0.717, 1.165) is 0 Å². The molecule has 72 valence electrons. The number of carbonyl (C=O) groups excluding carboxylic acids is 1. The van der Waals surface area contributed by atoms with Crippen molar-refractivity contribution in [3.8, 4) is 0 Å². The fraction of sp³-hybridized carbons (Fsp3) is 0.375. The van der Waals surface area contributed by atoms with Crippen LogP contribution in [0.2, 0.25) is 0 Å². The Balaban J connectivity index is 3.12. The van der Waals surface area contributed by atoms with Gasteiger partial charge in [-0.2, -0.15) is 0 Å². The van der Waals surface area contributed by atoms with Crippen molar-refractivity contribution in [1.82, 2.24) is 0 Å². The second-order valence-electron chi connectivity index (χ2n) is 2.88. The van der Waals surface area contributed by atoms with Gasteiger partial charge in [0.1, 0.15) is 0 Å². The van der Waals surface area contributed by atoms with Gasteiger partial charge in [-0.05, 0) is 24.6 Å². The van der Waals surface area contributed by atoms with Gasteiger partial charge >= 0.3 is 0 Å². The van der Waals surface area contributed by atoms with Crippen LogP contribution >= 0.6 is 46.4 Å². The van der Waals surface area contributed by atoms with Crippen molar-refractivity contribution in [1.29, 1.82) is 0 Å². The molecule has 0 saturated heterocycles. The Morgan fingerprint density at radius 2 is 2.08 bits per heavy atom. The number of hydrogen-bond donors (Lipinski definition) is 0. The van der Waals surface area contributed by atoms with Crippen LogP contribution in [0, 0.1) is 5.92 Å². The summed E-state index contributed by atoms with van der Waals surface area (Å²) in [6.45, 7) is 1.60. The second-order valence-corrected chi connectivity index (χ2v) is 4.82. The lowest BCUT2D eigenvalue weighted by Gasteiger charge is -2.30. The molecule has 0 aliphatic heterocycles. The third-order valence-electron chi connectivity index (χ3n) is 1.90. The van der Waals surface area contributed by atoms with Crippen molar-refractivity contribution in [3.05, 3.63) is 22.2 Å². The molecule has 0 amide bonds. The number of allylic oxidation sites excluding steroid dienone is 4. The summed E-state index contributed by atoms with van der Waals surface area (Å²) in [6.07, 6.45) is 3.08. The summed E-state index contributed by atoms with van der Waals surface area (Å²) in [4.78, 5) is 9.94. The number of carbonyl (C=O) groups is 1. The molecular weight excluding hydrogens is 254 g/mol. The van der Waals surface area contributed by atoms with Gasteiger partial charge in [0.2, 0.25) is 5.24 Å². The van der Waals surface area contributed by atoms with Crippen molar-refractivity contribution in [3.63, 3.8) is 0 Å². The van der Waals surface area contributed by atoms with E-state index in [1.165, 1.54) is 6.08 Å². The van der Waals surface area contributed by atoms with E-state index in [2.05, 4.69) is 0 Å². The van der Waals surface area contributed by atoms with Crippen LogP contribution in [-0.4, -0.2) is 10.1 Å². The van der Waals surface area contributed by atoms with E-state index in [0.29, 0.717) is 5.03 Å². The van der Waals surface area contributed by atoms with Crippen LogP contribution in [0.1, 0.15) is 6.92 Å². The highest BCUT2D eigenvalue weighted by Gasteiger charge is 2.41. The molecule has 2 unspecified atom stereocenters. The Hall–Kier alpha value is 0.310. The second kappa shape index (κ2) is 3.82. The Morgan fingerprint density at radius 3 is 2.54 bits per heavy atom. The quantitative estimate of drug-likeness (QED) is 0.519. The van der Waals surface area contributed by atoms with Gasteiger partial charge in [0, 0.05) is 0 Å². The fourth-order valence-electron chi connectivity index (χ4n) is 1.09. The predicted octanol–water partition coefficient (Wildman–Crippen LogP) is 3.62. The Bertz CT molecular complexity index is 303. The summed E-state index contributed by atoms with van der Waals surface area (Å²) in [5, 5.41) is 0.0433. The first kappa shape index (κ1) is 11.4. The van der Waals surface area contributed by atoms with Gasteiger partial charge in [0.15, 0.2) is 0 Å². The SMILES string of the molecule is CC1(Cl)C(Cl)=C(Cl)C=CC1C(=O)Cl. The summed E-state index contributed by atoms with van der Waals surface area (Å²) >= 11 is 23.0. The van der Waals surface area contributed by atoms with E-state index < -0.39 is 16.0 Å².